The summed E-state index contributed by atoms with van der Waals surface area (Å²) in [6.45, 7) is 3.76. The molecule has 0 saturated carbocycles. The van der Waals surface area contributed by atoms with Crippen molar-refractivity contribution in [2.75, 3.05) is 33.0 Å². The minimum atomic E-state index is -1.70. The zero-order valence-electron chi connectivity index (χ0n) is 49.9. The molecule has 14 heteroatoms. The average Bonchev–Trinajstić information content (AvgIpc) is 3.44. The van der Waals surface area contributed by atoms with Crippen molar-refractivity contribution in [1.29, 1.82) is 0 Å². The Kier molecular flexibility index (Phi) is 48.0. The summed E-state index contributed by atoms with van der Waals surface area (Å²) in [6, 6.07) is 0. The summed E-state index contributed by atoms with van der Waals surface area (Å²) in [5, 5.41) is 72.5. The van der Waals surface area contributed by atoms with Gasteiger partial charge in [-0.3, -0.25) is 4.79 Å². The zero-order valence-corrected chi connectivity index (χ0v) is 49.9. The van der Waals surface area contributed by atoms with Gasteiger partial charge in [-0.15, -0.1) is 0 Å². The second-order valence-corrected chi connectivity index (χ2v) is 23.3. The maximum Gasteiger partial charge on any atom is 0.306 e. The molecule has 0 amide bonds. The van der Waals surface area contributed by atoms with E-state index in [1.165, 1.54) is 225 Å². The fourth-order valence-electron chi connectivity index (χ4n) is 10.8. The van der Waals surface area contributed by atoms with Crippen LogP contribution in [0.15, 0.2) is 12.2 Å². The minimum Gasteiger partial charge on any atom is -0.457 e. The molecular weight excluding hydrogens is 993 g/mol. The first-order valence-corrected chi connectivity index (χ1v) is 32.8. The fourth-order valence-corrected chi connectivity index (χ4v) is 10.8. The summed E-state index contributed by atoms with van der Waals surface area (Å²) in [5.74, 6) is -0.371. The number of hydrogen-bond acceptors (Lipinski definition) is 14. The molecule has 0 radical (unpaired) electrons. The van der Waals surface area contributed by atoms with Crippen molar-refractivity contribution in [3.8, 4) is 0 Å². The van der Waals surface area contributed by atoms with Crippen LogP contribution >= 0.6 is 0 Å². The lowest BCUT2D eigenvalue weighted by Gasteiger charge is -2.42. The molecule has 14 nitrogen and oxygen atoms in total. The van der Waals surface area contributed by atoms with Gasteiger partial charge in [-0.2, -0.15) is 0 Å². The van der Waals surface area contributed by atoms with Crippen molar-refractivity contribution in [3.05, 3.63) is 12.2 Å². The van der Waals surface area contributed by atoms with Gasteiger partial charge in [-0.1, -0.05) is 257 Å². The molecule has 2 saturated heterocycles. The van der Waals surface area contributed by atoms with Crippen LogP contribution in [0, 0.1) is 0 Å². The van der Waals surface area contributed by atoms with Gasteiger partial charge in [-0.05, 0) is 38.5 Å². The van der Waals surface area contributed by atoms with Crippen LogP contribution in [-0.2, 0) is 33.2 Å². The Labute approximate surface area is 475 Å². The summed E-state index contributed by atoms with van der Waals surface area (Å²) in [4.78, 5) is 13.1. The third kappa shape index (κ3) is 37.0. The van der Waals surface area contributed by atoms with Gasteiger partial charge >= 0.3 is 5.97 Å². The second-order valence-electron chi connectivity index (χ2n) is 23.3. The Bertz CT molecular complexity index is 1340. The van der Waals surface area contributed by atoms with Gasteiger partial charge in [0.2, 0.25) is 0 Å². The van der Waals surface area contributed by atoms with Crippen molar-refractivity contribution in [3.63, 3.8) is 0 Å². The van der Waals surface area contributed by atoms with Crippen molar-refractivity contribution in [2.24, 2.45) is 0 Å². The Hall–Kier alpha value is -1.27. The molecule has 78 heavy (non-hydrogen) atoms. The molecule has 2 heterocycles. The molecule has 2 aliphatic heterocycles. The van der Waals surface area contributed by atoms with Gasteiger partial charge in [0.15, 0.2) is 12.6 Å². The Morgan fingerprint density at radius 3 is 1.17 bits per heavy atom. The largest absolute Gasteiger partial charge is 0.457 e. The number of hydrogen-bond donors (Lipinski definition) is 7. The monoisotopic (exact) mass is 1110 g/mol. The van der Waals surface area contributed by atoms with E-state index in [1.54, 1.807) is 0 Å². The molecule has 11 unspecified atom stereocenters. The molecule has 2 fully saturated rings. The van der Waals surface area contributed by atoms with E-state index in [0.717, 1.165) is 38.5 Å². The molecule has 0 spiro atoms. The van der Waals surface area contributed by atoms with E-state index < -0.39 is 80.7 Å². The van der Waals surface area contributed by atoms with Crippen LogP contribution in [0.4, 0.5) is 0 Å². The number of allylic oxidation sites excluding steroid dienone is 2. The normalized spacial score (nSPS) is 24.1. The van der Waals surface area contributed by atoms with Gasteiger partial charge in [0.25, 0.3) is 0 Å². The number of rotatable bonds is 55. The van der Waals surface area contributed by atoms with Crippen LogP contribution in [0.2, 0.25) is 0 Å². The third-order valence-electron chi connectivity index (χ3n) is 16.0. The van der Waals surface area contributed by atoms with Crippen molar-refractivity contribution in [1.82, 2.24) is 0 Å². The van der Waals surface area contributed by atoms with Gasteiger partial charge < -0.3 is 64.2 Å². The first-order chi connectivity index (χ1) is 38.1. The lowest BCUT2D eigenvalue weighted by molar-refractivity contribution is -0.332. The number of unbranched alkanes of at least 4 members (excludes halogenated alkanes) is 39. The molecule has 11 atom stereocenters. The van der Waals surface area contributed by atoms with Crippen LogP contribution in [0.3, 0.4) is 0 Å². The smallest absolute Gasteiger partial charge is 0.306 e. The molecule has 2 aliphatic rings. The van der Waals surface area contributed by atoms with Crippen LogP contribution < -0.4 is 0 Å². The molecule has 0 aromatic rings. The standard InChI is InChI=1S/C64H122O14/c1-3-5-7-9-11-13-15-17-19-21-23-24-25-26-27-28-30-32-34-36-38-40-42-44-46-48-73-50-53(76-56(66)47-45-43-41-39-37-35-33-31-29-22-20-18-16-14-12-10-8-6-4-2)51-74-63-62(72)60(70)58(68)55(78-63)52-75-64-61(71)59(69)57(67)54(49-65)77-64/h18,20,53-55,57-65,67-72H,3-17,19,21-52H2,1-2H3/b20-18-. The minimum absolute atomic E-state index is 0.0677. The highest BCUT2D eigenvalue weighted by Crippen LogP contribution is 2.27. The first kappa shape index (κ1) is 72.8. The van der Waals surface area contributed by atoms with Gasteiger partial charge in [0.1, 0.15) is 54.9 Å². The van der Waals surface area contributed by atoms with Gasteiger partial charge in [0, 0.05) is 13.0 Å². The molecule has 0 aliphatic carbocycles. The molecule has 462 valence electrons. The van der Waals surface area contributed by atoms with Crippen molar-refractivity contribution in [2.45, 2.75) is 357 Å². The number of aliphatic hydroxyl groups excluding tert-OH is 7. The molecule has 2 rings (SSSR count). The zero-order chi connectivity index (χ0) is 56.5. The summed E-state index contributed by atoms with van der Waals surface area (Å²) in [6.07, 6.45) is 42.8. The number of carbonyl (C=O) groups excluding carboxylic acids is 1. The van der Waals surface area contributed by atoms with E-state index in [2.05, 4.69) is 26.0 Å². The summed E-state index contributed by atoms with van der Waals surface area (Å²) >= 11 is 0. The van der Waals surface area contributed by atoms with E-state index >= 15 is 0 Å². The summed E-state index contributed by atoms with van der Waals surface area (Å²) in [7, 11) is 0. The second kappa shape index (κ2) is 51.4. The summed E-state index contributed by atoms with van der Waals surface area (Å²) < 4.78 is 34.5. The molecular formula is C64H122O14. The predicted molar refractivity (Wildman–Crippen MR) is 312 cm³/mol. The molecule has 0 aromatic carbocycles. The lowest BCUT2D eigenvalue weighted by Crippen LogP contribution is -2.61. The highest BCUT2D eigenvalue weighted by molar-refractivity contribution is 5.69. The van der Waals surface area contributed by atoms with E-state index in [0.29, 0.717) is 13.0 Å². The van der Waals surface area contributed by atoms with Crippen LogP contribution in [0.5, 0.6) is 0 Å². The number of aliphatic hydroxyl groups is 7. The molecule has 0 bridgehead atoms. The van der Waals surface area contributed by atoms with Crippen LogP contribution in [0.1, 0.15) is 290 Å². The van der Waals surface area contributed by atoms with Crippen LogP contribution in [-0.4, -0.2) is 142 Å². The van der Waals surface area contributed by atoms with Crippen molar-refractivity contribution < 1.29 is 69.0 Å². The van der Waals surface area contributed by atoms with Crippen LogP contribution in [0.25, 0.3) is 0 Å². The number of carbonyl (C=O) groups is 1. The van der Waals surface area contributed by atoms with E-state index in [-0.39, 0.29) is 25.6 Å². The highest BCUT2D eigenvalue weighted by Gasteiger charge is 2.47. The number of esters is 1. The Morgan fingerprint density at radius 2 is 0.756 bits per heavy atom. The highest BCUT2D eigenvalue weighted by atomic mass is 16.7. The van der Waals surface area contributed by atoms with E-state index in [9.17, 15) is 40.5 Å². The fraction of sp³-hybridized carbons (Fsp3) is 0.953. The third-order valence-corrected chi connectivity index (χ3v) is 16.0. The van der Waals surface area contributed by atoms with E-state index in [4.69, 9.17) is 28.4 Å². The lowest BCUT2D eigenvalue weighted by atomic mass is 9.98. The van der Waals surface area contributed by atoms with Gasteiger partial charge in [-0.25, -0.2) is 0 Å². The predicted octanol–water partition coefficient (Wildman–Crippen LogP) is 12.9. The van der Waals surface area contributed by atoms with Gasteiger partial charge in [0.05, 0.1) is 26.4 Å². The molecule has 0 aromatic heterocycles. The maximum absolute atomic E-state index is 13.1. The van der Waals surface area contributed by atoms with E-state index in [1.807, 2.05) is 0 Å². The molecule has 7 N–H and O–H groups in total. The Balaban J connectivity index is 1.65. The first-order valence-electron chi connectivity index (χ1n) is 32.8. The van der Waals surface area contributed by atoms with Crippen molar-refractivity contribution >= 4 is 5.97 Å². The quantitative estimate of drug-likeness (QED) is 0.0172. The number of ether oxygens (including phenoxy) is 6. The Morgan fingerprint density at radius 1 is 0.410 bits per heavy atom. The maximum atomic E-state index is 13.1. The summed E-state index contributed by atoms with van der Waals surface area (Å²) in [5.41, 5.74) is 0. The topological polar surface area (TPSA) is 214 Å². The SMILES string of the molecule is CCCCCCCC/C=C\CCCCCCCCCCCC(=O)OC(COCCCCCCCCCCCCCCCCCCCCCCCCCCC)COC1OC(COC2OC(CO)C(O)C(O)C2O)C(O)C(O)C1O. The average molecular weight is 1120 g/mol.